The largest absolute Gasteiger partial charge is 0.508 e. The molecule has 0 saturated carbocycles. The topological polar surface area (TPSA) is 106 Å². The number of nitriles is 1. The van der Waals surface area contributed by atoms with E-state index in [9.17, 15) is 19.9 Å². The molecule has 43 heavy (non-hydrogen) atoms. The number of anilines is 1. The molecule has 2 unspecified atom stereocenters. The van der Waals surface area contributed by atoms with Crippen molar-refractivity contribution >= 4 is 27.5 Å². The van der Waals surface area contributed by atoms with Crippen molar-refractivity contribution in [1.29, 1.82) is 5.26 Å². The Balaban J connectivity index is 0.000000310. The molecule has 1 aromatic heterocycles. The lowest BCUT2D eigenvalue weighted by Gasteiger charge is -2.31. The van der Waals surface area contributed by atoms with Crippen molar-refractivity contribution in [2.45, 2.75) is 56.8 Å². The second-order valence-electron chi connectivity index (χ2n) is 11.5. The summed E-state index contributed by atoms with van der Waals surface area (Å²) in [6.45, 7) is 2.98. The molecule has 8 nitrogen and oxygen atoms in total. The monoisotopic (exact) mass is 587 g/mol. The van der Waals surface area contributed by atoms with Crippen molar-refractivity contribution in [1.82, 2.24) is 14.9 Å². The first kappa shape index (κ1) is 29.0. The number of aromatic nitrogens is 2. The molecule has 3 aromatic carbocycles. The minimum Gasteiger partial charge on any atom is -0.508 e. The average molecular weight is 588 g/mol. The molecular weight excluding hydrogens is 552 g/mol. The van der Waals surface area contributed by atoms with Gasteiger partial charge in [0.05, 0.1) is 25.7 Å². The van der Waals surface area contributed by atoms with E-state index in [0.29, 0.717) is 60.8 Å². The first-order valence-corrected chi connectivity index (χ1v) is 14.8. The Labute approximate surface area is 249 Å². The van der Waals surface area contributed by atoms with Crippen LogP contribution >= 0.6 is 0 Å². The third kappa shape index (κ3) is 5.79. The minimum absolute atomic E-state index is 0.00364. The molecule has 10 heteroatoms. The van der Waals surface area contributed by atoms with Crippen LogP contribution in [0, 0.1) is 17.1 Å². The van der Waals surface area contributed by atoms with E-state index < -0.39 is 12.0 Å². The van der Waals surface area contributed by atoms with Gasteiger partial charge in [0.15, 0.2) is 5.82 Å². The van der Waals surface area contributed by atoms with E-state index >= 15 is 4.39 Å². The summed E-state index contributed by atoms with van der Waals surface area (Å²) in [6.07, 6.45) is 3.57. The lowest BCUT2D eigenvalue weighted by atomic mass is 9.91. The van der Waals surface area contributed by atoms with E-state index in [-0.39, 0.29) is 35.4 Å². The van der Waals surface area contributed by atoms with Gasteiger partial charge in [-0.05, 0) is 78.7 Å². The Morgan fingerprint density at radius 2 is 1.86 bits per heavy atom. The first-order chi connectivity index (χ1) is 20.9. The van der Waals surface area contributed by atoms with Gasteiger partial charge in [-0.3, -0.25) is 4.90 Å². The highest BCUT2D eigenvalue weighted by molar-refractivity contribution is 6.02. The van der Waals surface area contributed by atoms with E-state index in [1.807, 2.05) is 29.2 Å². The molecule has 3 aliphatic heterocycles. The van der Waals surface area contributed by atoms with Crippen LogP contribution in [0.5, 0.6) is 11.8 Å². The van der Waals surface area contributed by atoms with Crippen molar-refractivity contribution in [3.63, 3.8) is 0 Å². The van der Waals surface area contributed by atoms with Gasteiger partial charge in [0, 0.05) is 36.6 Å². The summed E-state index contributed by atoms with van der Waals surface area (Å²) >= 11 is 0. The predicted octanol–water partition coefficient (Wildman–Crippen LogP) is 5.52. The Bertz CT molecular complexity index is 1670. The maximum atomic E-state index is 16.3. The van der Waals surface area contributed by atoms with Crippen LogP contribution in [0.2, 0.25) is 0 Å². The fourth-order valence-corrected chi connectivity index (χ4v) is 6.70. The molecule has 2 N–H and O–H groups in total. The van der Waals surface area contributed by atoms with Crippen LogP contribution in [-0.2, 0) is 6.42 Å². The molecule has 2 atom stereocenters. The van der Waals surface area contributed by atoms with Gasteiger partial charge in [0.2, 0.25) is 0 Å². The number of halogens is 2. The number of aliphatic hydroxyl groups is 1. The normalized spacial score (nSPS) is 20.6. The highest BCUT2D eigenvalue weighted by Gasteiger charge is 2.34. The smallest absolute Gasteiger partial charge is 0.318 e. The number of hydrogen-bond donors (Lipinski definition) is 2. The van der Waals surface area contributed by atoms with Gasteiger partial charge >= 0.3 is 6.01 Å². The number of piperidine rings is 1. The van der Waals surface area contributed by atoms with E-state index in [1.54, 1.807) is 12.1 Å². The van der Waals surface area contributed by atoms with Crippen LogP contribution in [0.1, 0.15) is 37.7 Å². The molecule has 0 bridgehead atoms. The molecule has 4 heterocycles. The zero-order valence-electron chi connectivity index (χ0n) is 24.1. The van der Waals surface area contributed by atoms with Crippen LogP contribution < -0.4 is 9.64 Å². The summed E-state index contributed by atoms with van der Waals surface area (Å²) in [7, 11) is 1.43. The number of hydrogen-bond acceptors (Lipinski definition) is 8. The van der Waals surface area contributed by atoms with Gasteiger partial charge in [-0.2, -0.15) is 15.2 Å². The Hall–Kier alpha value is -4.07. The number of phenolic OH excluding ortho intramolecular Hbond substituents is 1. The van der Waals surface area contributed by atoms with Crippen molar-refractivity contribution in [2.24, 2.45) is 0 Å². The van der Waals surface area contributed by atoms with Crippen LogP contribution in [0.4, 0.5) is 14.6 Å². The number of benzene rings is 3. The number of methoxy groups -OCH3 is 1. The van der Waals surface area contributed by atoms with Crippen molar-refractivity contribution in [3.8, 4) is 29.0 Å². The number of aliphatic hydroxyl groups excluding tert-OH is 1. The number of fused-ring (bicyclic) bond motifs is 3. The van der Waals surface area contributed by atoms with Crippen molar-refractivity contribution in [3.05, 3.63) is 53.8 Å². The first-order valence-electron chi connectivity index (χ1n) is 14.8. The van der Waals surface area contributed by atoms with E-state index in [1.165, 1.54) is 26.0 Å². The predicted molar refractivity (Wildman–Crippen MR) is 162 cm³/mol. The lowest BCUT2D eigenvalue weighted by molar-refractivity contribution is 0.145. The number of aromatic hydroxyl groups is 1. The third-order valence-corrected chi connectivity index (χ3v) is 8.76. The second-order valence-corrected chi connectivity index (χ2v) is 11.5. The highest BCUT2D eigenvalue weighted by Crippen LogP contribution is 2.41. The van der Waals surface area contributed by atoms with Gasteiger partial charge in [0.25, 0.3) is 0 Å². The molecule has 0 aliphatic carbocycles. The SMILES string of the molecule is COc1nc(N2CCC(O)CC2)c2cc(CC#N)c(-c3cc(O)cc4ccccc34)c(F)c2n1.FC1CC2CCCN2C1. The lowest BCUT2D eigenvalue weighted by Crippen LogP contribution is -2.36. The molecule has 3 aliphatic rings. The summed E-state index contributed by atoms with van der Waals surface area (Å²) in [5.41, 5.74) is 1.27. The fraction of sp³-hybridized carbons (Fsp3) is 0.424. The maximum Gasteiger partial charge on any atom is 0.318 e. The molecule has 3 saturated heterocycles. The van der Waals surface area contributed by atoms with Gasteiger partial charge in [-0.25, -0.2) is 8.78 Å². The quantitative estimate of drug-likeness (QED) is 0.322. The molecule has 0 spiro atoms. The van der Waals surface area contributed by atoms with Gasteiger partial charge in [0.1, 0.15) is 23.3 Å². The van der Waals surface area contributed by atoms with Gasteiger partial charge < -0.3 is 19.8 Å². The Kier molecular flexibility index (Phi) is 8.28. The number of ether oxygens (including phenoxy) is 1. The van der Waals surface area contributed by atoms with Gasteiger partial charge in [-0.1, -0.05) is 24.3 Å². The molecular formula is C33H35F2N5O3. The van der Waals surface area contributed by atoms with E-state index in [0.717, 1.165) is 23.7 Å². The van der Waals surface area contributed by atoms with Crippen molar-refractivity contribution < 1.29 is 23.7 Å². The molecule has 3 fully saturated rings. The molecule has 7 rings (SSSR count). The van der Waals surface area contributed by atoms with Crippen LogP contribution in [0.3, 0.4) is 0 Å². The number of phenols is 1. The minimum atomic E-state index is -0.600. The average Bonchev–Trinajstić information content (AvgIpc) is 3.58. The Morgan fingerprint density at radius 3 is 2.60 bits per heavy atom. The van der Waals surface area contributed by atoms with Crippen LogP contribution in [0.25, 0.3) is 32.8 Å². The zero-order chi connectivity index (χ0) is 30.1. The zero-order valence-corrected chi connectivity index (χ0v) is 24.1. The standard InChI is InChI=1S/C26H23FN4O3.C7H12FN/c1-34-26-29-24-21(25(30-26)31-10-7-17(32)8-11-31)13-16(6-9-28)22(23(24)27)20-14-18(33)12-15-4-2-3-5-19(15)20;8-6-4-7-2-1-3-9(7)5-6/h2-5,12-14,17,32-33H,6-8,10-11H2,1H3;6-7H,1-5H2. The van der Waals surface area contributed by atoms with Crippen LogP contribution in [0.15, 0.2) is 42.5 Å². The van der Waals surface area contributed by atoms with Gasteiger partial charge in [-0.15, -0.1) is 0 Å². The summed E-state index contributed by atoms with van der Waals surface area (Å²) in [4.78, 5) is 13.1. The Morgan fingerprint density at radius 1 is 1.07 bits per heavy atom. The summed E-state index contributed by atoms with van der Waals surface area (Å²) in [5.74, 6) is -0.0828. The van der Waals surface area contributed by atoms with E-state index in [2.05, 4.69) is 20.9 Å². The second kappa shape index (κ2) is 12.3. The highest BCUT2D eigenvalue weighted by atomic mass is 19.1. The summed E-state index contributed by atoms with van der Waals surface area (Å²) in [5, 5.41) is 31.8. The third-order valence-electron chi connectivity index (χ3n) is 8.76. The molecule has 0 amide bonds. The maximum absolute atomic E-state index is 16.3. The summed E-state index contributed by atoms with van der Waals surface area (Å²) in [6, 6.07) is 15.1. The van der Waals surface area contributed by atoms with E-state index in [4.69, 9.17) is 4.74 Å². The number of rotatable bonds is 4. The molecule has 224 valence electrons. The number of alkyl halides is 1. The molecule has 4 aromatic rings. The van der Waals surface area contributed by atoms with Crippen molar-refractivity contribution in [2.75, 3.05) is 38.2 Å². The number of nitrogens with zero attached hydrogens (tertiary/aromatic N) is 5. The summed E-state index contributed by atoms with van der Waals surface area (Å²) < 4.78 is 34.2. The fourth-order valence-electron chi connectivity index (χ4n) is 6.70. The van der Waals surface area contributed by atoms with Crippen LogP contribution in [-0.4, -0.2) is 76.7 Å². The molecule has 0 radical (unpaired) electrons.